The molecule has 1 unspecified atom stereocenters. The number of ether oxygens (including phenoxy) is 1. The molecule has 3 rings (SSSR count). The number of methoxy groups -OCH3 is 1. The molecule has 0 aromatic heterocycles. The molecule has 1 heterocycles. The zero-order valence-corrected chi connectivity index (χ0v) is 14.8. The van der Waals surface area contributed by atoms with Crippen LogP contribution in [-0.4, -0.2) is 25.5 Å². The van der Waals surface area contributed by atoms with Gasteiger partial charge in [-0.05, 0) is 48.9 Å². The summed E-state index contributed by atoms with van der Waals surface area (Å²) in [6.45, 7) is 2.28. The van der Waals surface area contributed by atoms with Gasteiger partial charge in [-0.15, -0.1) is 0 Å². The number of anilines is 2. The van der Waals surface area contributed by atoms with Crippen LogP contribution in [0.4, 0.5) is 11.4 Å². The summed E-state index contributed by atoms with van der Waals surface area (Å²) < 4.78 is 5.12. The number of carbonyl (C=O) groups is 2. The van der Waals surface area contributed by atoms with Crippen LogP contribution in [0.1, 0.15) is 12.0 Å². The third kappa shape index (κ3) is 3.77. The van der Waals surface area contributed by atoms with Gasteiger partial charge in [0.1, 0.15) is 5.75 Å². The van der Waals surface area contributed by atoms with E-state index in [0.717, 1.165) is 17.0 Å². The molecule has 1 aliphatic heterocycles. The molecule has 6 heteroatoms. The Balaban J connectivity index is 1.69. The van der Waals surface area contributed by atoms with Crippen molar-refractivity contribution in [2.75, 3.05) is 23.9 Å². The quantitative estimate of drug-likeness (QED) is 0.907. The first-order valence-electron chi connectivity index (χ1n) is 7.99. The highest BCUT2D eigenvalue weighted by atomic mass is 35.5. The molecule has 2 amide bonds. The molecule has 5 nitrogen and oxygen atoms in total. The third-order valence-electron chi connectivity index (χ3n) is 4.26. The number of carbonyl (C=O) groups excluding carboxylic acids is 2. The van der Waals surface area contributed by atoms with Crippen LogP contribution < -0.4 is 15.0 Å². The van der Waals surface area contributed by atoms with Crippen molar-refractivity contribution in [3.63, 3.8) is 0 Å². The highest BCUT2D eigenvalue weighted by molar-refractivity contribution is 6.33. The Morgan fingerprint density at radius 2 is 1.96 bits per heavy atom. The van der Waals surface area contributed by atoms with Crippen LogP contribution >= 0.6 is 11.6 Å². The molecule has 0 spiro atoms. The second kappa shape index (κ2) is 7.15. The Morgan fingerprint density at radius 1 is 1.24 bits per heavy atom. The minimum Gasteiger partial charge on any atom is -0.497 e. The van der Waals surface area contributed by atoms with Crippen LogP contribution in [-0.2, 0) is 9.59 Å². The Hall–Kier alpha value is -2.53. The van der Waals surface area contributed by atoms with E-state index in [-0.39, 0.29) is 18.2 Å². The van der Waals surface area contributed by atoms with Crippen molar-refractivity contribution in [1.82, 2.24) is 0 Å². The van der Waals surface area contributed by atoms with Crippen molar-refractivity contribution < 1.29 is 14.3 Å². The Kier molecular flexibility index (Phi) is 4.95. The molecule has 1 aliphatic rings. The van der Waals surface area contributed by atoms with Gasteiger partial charge in [0.2, 0.25) is 11.8 Å². The predicted octanol–water partition coefficient (Wildman–Crippen LogP) is 3.65. The summed E-state index contributed by atoms with van der Waals surface area (Å²) in [4.78, 5) is 26.4. The summed E-state index contributed by atoms with van der Waals surface area (Å²) in [7, 11) is 1.59. The summed E-state index contributed by atoms with van der Waals surface area (Å²) in [6.07, 6.45) is 0.182. The second-order valence-electron chi connectivity index (χ2n) is 6.08. The van der Waals surface area contributed by atoms with Gasteiger partial charge in [0.25, 0.3) is 0 Å². The zero-order valence-electron chi connectivity index (χ0n) is 14.1. The topological polar surface area (TPSA) is 58.6 Å². The van der Waals surface area contributed by atoms with E-state index in [2.05, 4.69) is 5.32 Å². The van der Waals surface area contributed by atoms with Crippen molar-refractivity contribution in [3.8, 4) is 5.75 Å². The lowest BCUT2D eigenvalue weighted by Gasteiger charge is -2.17. The highest BCUT2D eigenvalue weighted by Crippen LogP contribution is 2.29. The fraction of sp³-hybridized carbons (Fsp3) is 0.263. The van der Waals surface area contributed by atoms with Crippen molar-refractivity contribution >= 4 is 34.8 Å². The number of rotatable bonds is 4. The maximum Gasteiger partial charge on any atom is 0.229 e. The number of halogens is 1. The molecule has 1 N–H and O–H groups in total. The lowest BCUT2D eigenvalue weighted by atomic mass is 10.1. The smallest absolute Gasteiger partial charge is 0.229 e. The Morgan fingerprint density at radius 3 is 2.60 bits per heavy atom. The minimum atomic E-state index is -0.410. The summed E-state index contributed by atoms with van der Waals surface area (Å²) in [5.41, 5.74) is 2.34. The monoisotopic (exact) mass is 358 g/mol. The second-order valence-corrected chi connectivity index (χ2v) is 6.48. The molecular formula is C19H19ClN2O3. The average molecular weight is 359 g/mol. The van der Waals surface area contributed by atoms with Crippen LogP contribution in [0.25, 0.3) is 0 Å². The van der Waals surface area contributed by atoms with E-state index >= 15 is 0 Å². The molecule has 25 heavy (non-hydrogen) atoms. The number of hydrogen-bond donors (Lipinski definition) is 1. The summed E-state index contributed by atoms with van der Waals surface area (Å²) in [6, 6.07) is 12.7. The van der Waals surface area contributed by atoms with Gasteiger partial charge in [0.05, 0.1) is 23.7 Å². The van der Waals surface area contributed by atoms with Gasteiger partial charge in [0.15, 0.2) is 0 Å². The molecule has 0 saturated carbocycles. The number of benzene rings is 2. The number of hydrogen-bond acceptors (Lipinski definition) is 3. The van der Waals surface area contributed by atoms with Gasteiger partial charge < -0.3 is 15.0 Å². The van der Waals surface area contributed by atoms with Crippen molar-refractivity contribution in [2.45, 2.75) is 13.3 Å². The fourth-order valence-corrected chi connectivity index (χ4v) is 3.13. The Bertz CT molecular complexity index is 805. The summed E-state index contributed by atoms with van der Waals surface area (Å²) in [5.74, 6) is 0.0427. The van der Waals surface area contributed by atoms with Crippen molar-refractivity contribution in [3.05, 3.63) is 53.1 Å². The van der Waals surface area contributed by atoms with Crippen molar-refractivity contribution in [2.24, 2.45) is 5.92 Å². The lowest BCUT2D eigenvalue weighted by Crippen LogP contribution is -2.28. The first-order valence-corrected chi connectivity index (χ1v) is 8.37. The van der Waals surface area contributed by atoms with E-state index < -0.39 is 5.92 Å². The predicted molar refractivity (Wildman–Crippen MR) is 98.3 cm³/mol. The van der Waals surface area contributed by atoms with Crippen LogP contribution in [0.2, 0.25) is 5.02 Å². The van der Waals surface area contributed by atoms with E-state index in [9.17, 15) is 9.59 Å². The van der Waals surface area contributed by atoms with Gasteiger partial charge in [-0.25, -0.2) is 0 Å². The normalized spacial score (nSPS) is 16.8. The van der Waals surface area contributed by atoms with Crippen LogP contribution in [0.5, 0.6) is 5.75 Å². The average Bonchev–Trinajstić information content (AvgIpc) is 2.99. The molecule has 0 bridgehead atoms. The Labute approximate surface area is 151 Å². The maximum absolute atomic E-state index is 12.5. The van der Waals surface area contributed by atoms with Crippen molar-refractivity contribution in [1.29, 1.82) is 0 Å². The van der Waals surface area contributed by atoms with E-state index in [1.807, 2.05) is 25.1 Å². The molecule has 2 aromatic carbocycles. The molecule has 2 aromatic rings. The first-order chi connectivity index (χ1) is 12.0. The summed E-state index contributed by atoms with van der Waals surface area (Å²) in [5, 5.41) is 3.31. The molecule has 1 saturated heterocycles. The molecule has 0 radical (unpaired) electrons. The number of aryl methyl sites for hydroxylation is 1. The highest BCUT2D eigenvalue weighted by Gasteiger charge is 2.35. The molecule has 1 fully saturated rings. The maximum atomic E-state index is 12.5. The number of nitrogens with one attached hydrogen (secondary N) is 1. The third-order valence-corrected chi connectivity index (χ3v) is 4.58. The van der Waals surface area contributed by atoms with Crippen LogP contribution in [0.15, 0.2) is 42.5 Å². The largest absolute Gasteiger partial charge is 0.497 e. The van der Waals surface area contributed by atoms with E-state index in [1.165, 1.54) is 0 Å². The van der Waals surface area contributed by atoms with Gasteiger partial charge in [-0.3, -0.25) is 9.59 Å². The molecule has 1 atom stereocenters. The number of nitrogens with zero attached hydrogens (tertiary/aromatic N) is 1. The lowest BCUT2D eigenvalue weighted by molar-refractivity contribution is -0.122. The molecular weight excluding hydrogens is 340 g/mol. The van der Waals surface area contributed by atoms with Crippen LogP contribution in [0, 0.1) is 12.8 Å². The standard InChI is InChI=1S/C19H19ClN2O3/c1-12-3-8-17(16(20)9-12)21-19(24)13-10-18(23)22(11-13)14-4-6-15(25-2)7-5-14/h3-9,13H,10-11H2,1-2H3,(H,21,24). The fourth-order valence-electron chi connectivity index (χ4n) is 2.85. The SMILES string of the molecule is COc1ccc(N2CC(C(=O)Nc3ccc(C)cc3Cl)CC2=O)cc1. The van der Waals surface area contributed by atoms with Crippen LogP contribution in [0.3, 0.4) is 0 Å². The number of amides is 2. The summed E-state index contributed by atoms with van der Waals surface area (Å²) >= 11 is 6.16. The zero-order chi connectivity index (χ0) is 18.0. The first kappa shape index (κ1) is 17.3. The van der Waals surface area contributed by atoms with Gasteiger partial charge >= 0.3 is 0 Å². The van der Waals surface area contributed by atoms with E-state index in [0.29, 0.717) is 17.3 Å². The molecule has 0 aliphatic carbocycles. The minimum absolute atomic E-state index is 0.0691. The van der Waals surface area contributed by atoms with E-state index in [1.54, 1.807) is 36.3 Å². The van der Waals surface area contributed by atoms with Gasteiger partial charge in [-0.1, -0.05) is 17.7 Å². The van der Waals surface area contributed by atoms with Gasteiger partial charge in [0, 0.05) is 18.7 Å². The van der Waals surface area contributed by atoms with E-state index in [4.69, 9.17) is 16.3 Å². The molecule has 130 valence electrons. The van der Waals surface area contributed by atoms with Gasteiger partial charge in [-0.2, -0.15) is 0 Å².